The maximum absolute atomic E-state index is 12.8. The first-order valence-electron chi connectivity index (χ1n) is 8.65. The molecule has 28 heavy (non-hydrogen) atoms. The number of hydrogen-bond acceptors (Lipinski definition) is 4. The minimum absolute atomic E-state index is 0.278. The average Bonchev–Trinajstić information content (AvgIpc) is 3.12. The molecule has 0 bridgehead atoms. The molecular weight excluding hydrogens is 390 g/mol. The molecule has 2 heterocycles. The fraction of sp³-hybridized carbons (Fsp3) is 0.0455. The van der Waals surface area contributed by atoms with E-state index in [0.29, 0.717) is 16.3 Å². The Morgan fingerprint density at radius 1 is 1.14 bits per heavy atom. The maximum atomic E-state index is 12.8. The van der Waals surface area contributed by atoms with Gasteiger partial charge in [-0.2, -0.15) is 5.10 Å². The van der Waals surface area contributed by atoms with E-state index in [4.69, 9.17) is 16.6 Å². The van der Waals surface area contributed by atoms with Crippen molar-refractivity contribution < 1.29 is 4.79 Å². The summed E-state index contributed by atoms with van der Waals surface area (Å²) in [7, 11) is 0. The van der Waals surface area contributed by atoms with Gasteiger partial charge >= 0.3 is 0 Å². The van der Waals surface area contributed by atoms with Crippen LogP contribution in [0.15, 0.2) is 71.1 Å². The van der Waals surface area contributed by atoms with Crippen LogP contribution in [0.1, 0.15) is 20.8 Å². The summed E-state index contributed by atoms with van der Waals surface area (Å²) in [5, 5.41) is 7.54. The second-order valence-electron chi connectivity index (χ2n) is 6.25. The Morgan fingerprint density at radius 2 is 1.93 bits per heavy atom. The molecule has 138 valence electrons. The predicted molar refractivity (Wildman–Crippen MR) is 116 cm³/mol. The van der Waals surface area contributed by atoms with Gasteiger partial charge in [-0.05, 0) is 48.2 Å². The summed E-state index contributed by atoms with van der Waals surface area (Å²) in [6, 6.07) is 18.8. The van der Waals surface area contributed by atoms with Crippen molar-refractivity contribution in [1.29, 1.82) is 0 Å². The zero-order valence-corrected chi connectivity index (χ0v) is 16.6. The molecule has 0 aliphatic rings. The van der Waals surface area contributed by atoms with Gasteiger partial charge < -0.3 is 0 Å². The van der Waals surface area contributed by atoms with Crippen molar-refractivity contribution in [3.05, 3.63) is 87.1 Å². The van der Waals surface area contributed by atoms with Crippen LogP contribution in [0.25, 0.3) is 22.2 Å². The first kappa shape index (κ1) is 18.3. The fourth-order valence-electron chi connectivity index (χ4n) is 2.86. The lowest BCUT2D eigenvalue weighted by atomic mass is 10.0. The number of hydrogen-bond donors (Lipinski definition) is 1. The number of aromatic nitrogens is 1. The SMILES string of the molecule is Cc1ccsc1/C=N\NC(=O)c1cc(-c2ccc(Cl)cc2)nc2ccccc12. The first-order valence-corrected chi connectivity index (χ1v) is 9.91. The van der Waals surface area contributed by atoms with Gasteiger partial charge in [0.1, 0.15) is 0 Å². The fourth-order valence-corrected chi connectivity index (χ4v) is 3.77. The smallest absolute Gasteiger partial charge is 0.267 e. The molecular formula is C22H16ClN3OS. The molecule has 0 aliphatic heterocycles. The van der Waals surface area contributed by atoms with Crippen LogP contribution in [-0.4, -0.2) is 17.1 Å². The molecule has 2 aromatic heterocycles. The van der Waals surface area contributed by atoms with Gasteiger partial charge in [0.05, 0.1) is 23.0 Å². The van der Waals surface area contributed by atoms with Gasteiger partial charge in [0, 0.05) is 20.8 Å². The minimum atomic E-state index is -0.278. The van der Waals surface area contributed by atoms with Crippen LogP contribution in [0.3, 0.4) is 0 Å². The monoisotopic (exact) mass is 405 g/mol. The highest BCUT2D eigenvalue weighted by atomic mass is 35.5. The van der Waals surface area contributed by atoms with Gasteiger partial charge in [-0.1, -0.05) is 41.9 Å². The van der Waals surface area contributed by atoms with Gasteiger partial charge in [0.25, 0.3) is 5.91 Å². The second-order valence-corrected chi connectivity index (χ2v) is 7.63. The van der Waals surface area contributed by atoms with E-state index in [2.05, 4.69) is 10.5 Å². The number of benzene rings is 2. The zero-order chi connectivity index (χ0) is 19.5. The standard InChI is InChI=1S/C22H16ClN3OS/c1-14-10-11-28-21(14)13-24-26-22(27)18-12-20(15-6-8-16(23)9-7-15)25-19-5-3-2-4-17(18)19/h2-13H,1H3,(H,26,27)/b24-13-. The number of para-hydroxylation sites is 1. The van der Waals surface area contributed by atoms with Crippen LogP contribution in [0, 0.1) is 6.92 Å². The van der Waals surface area contributed by atoms with E-state index in [-0.39, 0.29) is 5.91 Å². The van der Waals surface area contributed by atoms with Crippen LogP contribution in [-0.2, 0) is 0 Å². The number of carbonyl (C=O) groups is 1. The van der Waals surface area contributed by atoms with Crippen molar-refractivity contribution in [1.82, 2.24) is 10.4 Å². The molecule has 0 unspecified atom stereocenters. The average molecular weight is 406 g/mol. The number of pyridine rings is 1. The number of fused-ring (bicyclic) bond motifs is 1. The highest BCUT2D eigenvalue weighted by Gasteiger charge is 2.13. The van der Waals surface area contributed by atoms with E-state index >= 15 is 0 Å². The summed E-state index contributed by atoms with van der Waals surface area (Å²) >= 11 is 7.57. The van der Waals surface area contributed by atoms with Crippen LogP contribution in [0.2, 0.25) is 5.02 Å². The zero-order valence-electron chi connectivity index (χ0n) is 15.0. The molecule has 0 atom stereocenters. The Kier molecular flexibility index (Phi) is 5.19. The minimum Gasteiger partial charge on any atom is -0.267 e. The van der Waals surface area contributed by atoms with Crippen molar-refractivity contribution in [2.75, 3.05) is 0 Å². The van der Waals surface area contributed by atoms with Gasteiger partial charge in [-0.25, -0.2) is 10.4 Å². The summed E-state index contributed by atoms with van der Waals surface area (Å²) in [6.45, 7) is 2.01. The van der Waals surface area contributed by atoms with Gasteiger partial charge in [-0.3, -0.25) is 4.79 Å². The van der Waals surface area contributed by atoms with Crippen molar-refractivity contribution in [3.63, 3.8) is 0 Å². The topological polar surface area (TPSA) is 54.4 Å². The van der Waals surface area contributed by atoms with Gasteiger partial charge in [0.15, 0.2) is 0 Å². The van der Waals surface area contributed by atoms with Crippen molar-refractivity contribution in [2.24, 2.45) is 5.10 Å². The van der Waals surface area contributed by atoms with Crippen LogP contribution in [0.5, 0.6) is 0 Å². The van der Waals surface area contributed by atoms with Gasteiger partial charge in [0.2, 0.25) is 0 Å². The van der Waals surface area contributed by atoms with E-state index in [1.807, 2.05) is 54.8 Å². The molecule has 0 spiro atoms. The highest BCUT2D eigenvalue weighted by molar-refractivity contribution is 7.11. The quantitative estimate of drug-likeness (QED) is 0.350. The second kappa shape index (κ2) is 7.92. The number of hydrazone groups is 1. The van der Waals surface area contributed by atoms with E-state index in [1.165, 1.54) is 0 Å². The molecule has 4 aromatic rings. The summed E-state index contributed by atoms with van der Waals surface area (Å²) in [6.07, 6.45) is 1.67. The molecule has 0 fully saturated rings. The molecule has 0 aliphatic carbocycles. The van der Waals surface area contributed by atoms with E-state index in [9.17, 15) is 4.79 Å². The largest absolute Gasteiger partial charge is 0.272 e. The molecule has 2 aromatic carbocycles. The molecule has 4 rings (SSSR count). The number of rotatable bonds is 4. The lowest BCUT2D eigenvalue weighted by Gasteiger charge is -2.09. The number of aryl methyl sites for hydroxylation is 1. The van der Waals surface area contributed by atoms with Crippen LogP contribution < -0.4 is 5.43 Å². The first-order chi connectivity index (χ1) is 13.6. The molecule has 0 saturated carbocycles. The third kappa shape index (κ3) is 3.81. The third-order valence-corrected chi connectivity index (χ3v) is 5.56. The Hall–Kier alpha value is -3.02. The Balaban J connectivity index is 1.70. The summed E-state index contributed by atoms with van der Waals surface area (Å²) < 4.78 is 0. The maximum Gasteiger partial charge on any atom is 0.272 e. The molecule has 0 radical (unpaired) electrons. The number of nitrogens with zero attached hydrogens (tertiary/aromatic N) is 2. The lowest BCUT2D eigenvalue weighted by molar-refractivity contribution is 0.0956. The Morgan fingerprint density at radius 3 is 2.68 bits per heavy atom. The van der Waals surface area contributed by atoms with Crippen molar-refractivity contribution >= 4 is 46.0 Å². The van der Waals surface area contributed by atoms with Crippen molar-refractivity contribution in [2.45, 2.75) is 6.92 Å². The summed E-state index contributed by atoms with van der Waals surface area (Å²) in [5.74, 6) is -0.278. The Bertz CT molecular complexity index is 1180. The van der Waals surface area contributed by atoms with E-state index in [0.717, 1.165) is 26.9 Å². The number of nitrogens with one attached hydrogen (secondary N) is 1. The van der Waals surface area contributed by atoms with Crippen molar-refractivity contribution in [3.8, 4) is 11.3 Å². The third-order valence-electron chi connectivity index (χ3n) is 4.35. The van der Waals surface area contributed by atoms with Crippen LogP contribution >= 0.6 is 22.9 Å². The predicted octanol–water partition coefficient (Wildman–Crippen LogP) is 5.69. The number of amides is 1. The van der Waals surface area contributed by atoms with Crippen LogP contribution in [0.4, 0.5) is 0 Å². The molecule has 1 amide bonds. The number of thiophene rings is 1. The summed E-state index contributed by atoms with van der Waals surface area (Å²) in [5.41, 5.74) is 6.63. The van der Waals surface area contributed by atoms with E-state index < -0.39 is 0 Å². The lowest BCUT2D eigenvalue weighted by Crippen LogP contribution is -2.18. The molecule has 0 saturated heterocycles. The normalized spacial score (nSPS) is 11.2. The molecule has 1 N–H and O–H groups in total. The number of carbonyl (C=O) groups excluding carboxylic acids is 1. The molecule has 4 nitrogen and oxygen atoms in total. The molecule has 6 heteroatoms. The van der Waals surface area contributed by atoms with Gasteiger partial charge in [-0.15, -0.1) is 11.3 Å². The summed E-state index contributed by atoms with van der Waals surface area (Å²) in [4.78, 5) is 18.5. The highest BCUT2D eigenvalue weighted by Crippen LogP contribution is 2.26. The number of halogens is 1. The van der Waals surface area contributed by atoms with E-state index in [1.54, 1.807) is 35.8 Å². The Labute approximate surface area is 171 Å².